The zero-order valence-corrected chi connectivity index (χ0v) is 7.01. The normalized spacial score (nSPS) is 11.4. The van der Waals surface area contributed by atoms with Gasteiger partial charge in [-0.15, -0.1) is 13.2 Å². The zero-order valence-electron chi connectivity index (χ0n) is 7.01. The summed E-state index contributed by atoms with van der Waals surface area (Å²) in [4.78, 5) is 0. The van der Waals surface area contributed by atoms with E-state index < -0.39 is 12.1 Å². The lowest BCUT2D eigenvalue weighted by molar-refractivity contribution is -0.274. The molecule has 6 heteroatoms. The predicted molar refractivity (Wildman–Crippen MR) is 42.7 cm³/mol. The number of alkyl halides is 3. The molecule has 0 saturated heterocycles. The SMILES string of the molecule is NCc1c(O)cccc1OC(F)(F)F. The number of hydrogen-bond donors (Lipinski definition) is 2. The minimum atomic E-state index is -4.78. The fourth-order valence-corrected chi connectivity index (χ4v) is 0.980. The molecule has 0 amide bonds. The highest BCUT2D eigenvalue weighted by atomic mass is 19.4. The third-order valence-electron chi connectivity index (χ3n) is 1.54. The third-order valence-corrected chi connectivity index (χ3v) is 1.54. The number of phenols is 1. The van der Waals surface area contributed by atoms with Gasteiger partial charge in [0.2, 0.25) is 0 Å². The predicted octanol–water partition coefficient (Wildman–Crippen LogP) is 1.75. The zero-order chi connectivity index (χ0) is 10.8. The second-order valence-electron chi connectivity index (χ2n) is 2.51. The molecule has 0 atom stereocenters. The van der Waals surface area contributed by atoms with Crippen LogP contribution in [0.1, 0.15) is 5.56 Å². The highest BCUT2D eigenvalue weighted by Gasteiger charge is 2.32. The number of halogens is 3. The highest BCUT2D eigenvalue weighted by Crippen LogP contribution is 2.31. The monoisotopic (exact) mass is 207 g/mol. The molecule has 0 aromatic heterocycles. The van der Waals surface area contributed by atoms with Crippen molar-refractivity contribution in [2.45, 2.75) is 12.9 Å². The first-order valence-corrected chi connectivity index (χ1v) is 3.70. The van der Waals surface area contributed by atoms with E-state index in [0.29, 0.717) is 0 Å². The Hall–Kier alpha value is -1.43. The van der Waals surface area contributed by atoms with Crippen molar-refractivity contribution in [3.63, 3.8) is 0 Å². The lowest BCUT2D eigenvalue weighted by Crippen LogP contribution is -2.18. The quantitative estimate of drug-likeness (QED) is 0.776. The second-order valence-corrected chi connectivity index (χ2v) is 2.51. The van der Waals surface area contributed by atoms with Crippen LogP contribution in [0.25, 0.3) is 0 Å². The van der Waals surface area contributed by atoms with Crippen LogP contribution < -0.4 is 10.5 Å². The number of benzene rings is 1. The smallest absolute Gasteiger partial charge is 0.507 e. The van der Waals surface area contributed by atoms with Gasteiger partial charge in [0.25, 0.3) is 0 Å². The van der Waals surface area contributed by atoms with Crippen LogP contribution in [0.2, 0.25) is 0 Å². The second kappa shape index (κ2) is 3.75. The van der Waals surface area contributed by atoms with Crippen molar-refractivity contribution in [3.8, 4) is 11.5 Å². The molecule has 0 aliphatic carbocycles. The molecule has 0 aliphatic rings. The molecule has 0 spiro atoms. The molecule has 78 valence electrons. The van der Waals surface area contributed by atoms with E-state index in [4.69, 9.17) is 10.8 Å². The molecule has 1 aromatic rings. The molecule has 3 nitrogen and oxygen atoms in total. The Morgan fingerprint density at radius 1 is 1.36 bits per heavy atom. The summed E-state index contributed by atoms with van der Waals surface area (Å²) in [5.41, 5.74) is 5.10. The van der Waals surface area contributed by atoms with Crippen LogP contribution in [0.3, 0.4) is 0 Å². The standard InChI is InChI=1S/C8H8F3NO2/c9-8(10,11)14-7-3-1-2-6(13)5(7)4-12/h1-3,13H,4,12H2. The molecule has 0 saturated carbocycles. The summed E-state index contributed by atoms with van der Waals surface area (Å²) in [6.07, 6.45) is -4.78. The van der Waals surface area contributed by atoms with E-state index in [0.717, 1.165) is 6.07 Å². The summed E-state index contributed by atoms with van der Waals surface area (Å²) >= 11 is 0. The van der Waals surface area contributed by atoms with Crippen LogP contribution in [-0.2, 0) is 6.54 Å². The number of rotatable bonds is 2. The number of nitrogens with two attached hydrogens (primary N) is 1. The Morgan fingerprint density at radius 3 is 2.50 bits per heavy atom. The number of aromatic hydroxyl groups is 1. The van der Waals surface area contributed by atoms with E-state index in [-0.39, 0.29) is 17.9 Å². The maximum atomic E-state index is 11.8. The Morgan fingerprint density at radius 2 is 2.00 bits per heavy atom. The molecular formula is C8H8F3NO2. The first kappa shape index (κ1) is 10.6. The molecule has 1 rings (SSSR count). The van der Waals surface area contributed by atoms with Crippen LogP contribution in [0, 0.1) is 0 Å². The van der Waals surface area contributed by atoms with Crippen molar-refractivity contribution in [2.75, 3.05) is 0 Å². The molecule has 0 aliphatic heterocycles. The first-order chi connectivity index (χ1) is 6.44. The molecule has 0 bridgehead atoms. The summed E-state index contributed by atoms with van der Waals surface area (Å²) in [7, 11) is 0. The Bertz CT molecular complexity index is 325. The minimum absolute atomic E-state index is 0.0650. The first-order valence-electron chi connectivity index (χ1n) is 3.70. The van der Waals surface area contributed by atoms with E-state index in [2.05, 4.69) is 4.74 Å². The topological polar surface area (TPSA) is 55.5 Å². The maximum Gasteiger partial charge on any atom is 0.573 e. The highest BCUT2D eigenvalue weighted by molar-refractivity contribution is 5.43. The van der Waals surface area contributed by atoms with Gasteiger partial charge in [-0.25, -0.2) is 0 Å². The van der Waals surface area contributed by atoms with Crippen molar-refractivity contribution in [1.29, 1.82) is 0 Å². The summed E-state index contributed by atoms with van der Waals surface area (Å²) in [6, 6.07) is 3.58. The van der Waals surface area contributed by atoms with Crippen molar-refractivity contribution >= 4 is 0 Å². The van der Waals surface area contributed by atoms with Gasteiger partial charge in [-0.1, -0.05) is 6.07 Å². The van der Waals surface area contributed by atoms with E-state index in [1.165, 1.54) is 12.1 Å². The van der Waals surface area contributed by atoms with Gasteiger partial charge in [0, 0.05) is 12.1 Å². The van der Waals surface area contributed by atoms with Gasteiger partial charge in [-0.05, 0) is 12.1 Å². The van der Waals surface area contributed by atoms with Crippen LogP contribution in [0.5, 0.6) is 11.5 Å². The van der Waals surface area contributed by atoms with Gasteiger partial charge in [-0.3, -0.25) is 0 Å². The number of ether oxygens (including phenoxy) is 1. The fourth-order valence-electron chi connectivity index (χ4n) is 0.980. The van der Waals surface area contributed by atoms with Gasteiger partial charge >= 0.3 is 6.36 Å². The van der Waals surface area contributed by atoms with Crippen LogP contribution in [0.15, 0.2) is 18.2 Å². The molecule has 3 N–H and O–H groups in total. The number of phenolic OH excluding ortho intramolecular Hbond substituents is 1. The average molecular weight is 207 g/mol. The summed E-state index contributed by atoms with van der Waals surface area (Å²) < 4.78 is 39.2. The van der Waals surface area contributed by atoms with Gasteiger partial charge in [-0.2, -0.15) is 0 Å². The molecule has 1 aromatic carbocycles. The molecule has 0 radical (unpaired) electrons. The fraction of sp³-hybridized carbons (Fsp3) is 0.250. The number of hydrogen-bond acceptors (Lipinski definition) is 3. The molecule has 0 fully saturated rings. The van der Waals surface area contributed by atoms with Gasteiger partial charge in [0.15, 0.2) is 0 Å². The summed E-state index contributed by atoms with van der Waals surface area (Å²) in [6.45, 7) is -0.224. The maximum absolute atomic E-state index is 11.8. The largest absolute Gasteiger partial charge is 0.573 e. The Kier molecular flexibility index (Phi) is 2.85. The van der Waals surface area contributed by atoms with Crippen molar-refractivity contribution in [1.82, 2.24) is 0 Å². The minimum Gasteiger partial charge on any atom is -0.507 e. The van der Waals surface area contributed by atoms with Crippen LogP contribution in [0.4, 0.5) is 13.2 Å². The van der Waals surface area contributed by atoms with Crippen molar-refractivity contribution in [3.05, 3.63) is 23.8 Å². The Balaban J connectivity index is 3.02. The molecule has 14 heavy (non-hydrogen) atoms. The van der Waals surface area contributed by atoms with Gasteiger partial charge < -0.3 is 15.6 Å². The van der Waals surface area contributed by atoms with E-state index in [9.17, 15) is 13.2 Å². The van der Waals surface area contributed by atoms with Crippen LogP contribution >= 0.6 is 0 Å². The van der Waals surface area contributed by atoms with E-state index in [1.807, 2.05) is 0 Å². The Labute approximate surface area is 77.9 Å². The third kappa shape index (κ3) is 2.53. The molecular weight excluding hydrogens is 199 g/mol. The summed E-state index contributed by atoms with van der Waals surface area (Å²) in [5, 5.41) is 9.16. The average Bonchev–Trinajstić information content (AvgIpc) is 2.01. The van der Waals surface area contributed by atoms with Crippen molar-refractivity contribution < 1.29 is 23.0 Å². The van der Waals surface area contributed by atoms with Gasteiger partial charge in [0.1, 0.15) is 11.5 Å². The summed E-state index contributed by atoms with van der Waals surface area (Å²) in [5.74, 6) is -0.783. The van der Waals surface area contributed by atoms with Gasteiger partial charge in [0.05, 0.1) is 0 Å². The lowest BCUT2D eigenvalue weighted by atomic mass is 10.2. The van der Waals surface area contributed by atoms with E-state index in [1.54, 1.807) is 0 Å². The lowest BCUT2D eigenvalue weighted by Gasteiger charge is -2.12. The molecule has 0 unspecified atom stereocenters. The molecule has 0 heterocycles. The van der Waals surface area contributed by atoms with Crippen LogP contribution in [-0.4, -0.2) is 11.5 Å². The van der Waals surface area contributed by atoms with Crippen molar-refractivity contribution in [2.24, 2.45) is 5.73 Å². The van der Waals surface area contributed by atoms with E-state index >= 15 is 0 Å².